The molecule has 0 spiro atoms. The molecule has 0 fully saturated rings. The first kappa shape index (κ1) is 16.2. The van der Waals surface area contributed by atoms with Crippen molar-refractivity contribution in [1.82, 2.24) is 5.32 Å². The minimum atomic E-state index is -0.832. The van der Waals surface area contributed by atoms with E-state index in [0.717, 1.165) is 4.47 Å². The average molecular weight is 339 g/mol. The molecule has 0 heterocycles. The third-order valence-electron chi connectivity index (χ3n) is 2.69. The Kier molecular flexibility index (Phi) is 6.19. The third-order valence-corrected chi connectivity index (χ3v) is 3.18. The Labute approximate surface area is 126 Å². The van der Waals surface area contributed by atoms with Crippen LogP contribution in [-0.2, 0) is 9.53 Å². The van der Waals surface area contributed by atoms with Crippen LogP contribution in [0.15, 0.2) is 28.7 Å². The summed E-state index contributed by atoms with van der Waals surface area (Å²) in [6.07, 6.45) is 0.211. The van der Waals surface area contributed by atoms with Gasteiger partial charge in [0.2, 0.25) is 0 Å². The second kappa shape index (κ2) is 7.65. The molecule has 0 aliphatic rings. The lowest BCUT2D eigenvalue weighted by molar-refractivity contribution is -0.143. The number of amides is 1. The molecule has 0 saturated heterocycles. The van der Waals surface area contributed by atoms with Crippen LogP contribution in [0.1, 0.15) is 23.7 Å². The van der Waals surface area contributed by atoms with Gasteiger partial charge in [-0.3, -0.25) is 4.79 Å². The van der Waals surface area contributed by atoms with Gasteiger partial charge in [-0.1, -0.05) is 22.0 Å². The van der Waals surface area contributed by atoms with Gasteiger partial charge in [0, 0.05) is 16.0 Å². The number of nitrogens with zero attached hydrogens (tertiary/aromatic N) is 1. The van der Waals surface area contributed by atoms with Gasteiger partial charge in [-0.05, 0) is 31.5 Å². The average Bonchev–Trinajstić information content (AvgIpc) is 2.45. The maximum atomic E-state index is 12.1. The van der Waals surface area contributed by atoms with Gasteiger partial charge < -0.3 is 10.1 Å². The number of halogens is 1. The van der Waals surface area contributed by atoms with Crippen molar-refractivity contribution in [3.05, 3.63) is 34.3 Å². The minimum absolute atomic E-state index is 0.211. The predicted octanol–water partition coefficient (Wildman–Crippen LogP) is 2.27. The van der Waals surface area contributed by atoms with Crippen LogP contribution in [0.2, 0.25) is 0 Å². The number of carbonyl (C=O) groups excluding carboxylic acids is 2. The minimum Gasteiger partial charge on any atom is -0.467 e. The summed E-state index contributed by atoms with van der Waals surface area (Å²) < 4.78 is 5.41. The van der Waals surface area contributed by atoms with E-state index in [1.54, 1.807) is 31.2 Å². The molecule has 0 radical (unpaired) electrons. The van der Waals surface area contributed by atoms with Crippen LogP contribution < -0.4 is 5.32 Å². The second-order valence-corrected chi connectivity index (χ2v) is 5.24. The number of hydrogen-bond acceptors (Lipinski definition) is 4. The zero-order valence-corrected chi connectivity index (χ0v) is 12.8. The number of rotatable bonds is 5. The van der Waals surface area contributed by atoms with Crippen LogP contribution in [0.4, 0.5) is 0 Å². The fourth-order valence-corrected chi connectivity index (χ4v) is 2.03. The molecule has 0 bridgehead atoms. The third kappa shape index (κ3) is 4.67. The zero-order chi connectivity index (χ0) is 15.1. The van der Waals surface area contributed by atoms with Crippen LogP contribution in [0.5, 0.6) is 0 Å². The second-order valence-electron chi connectivity index (χ2n) is 4.33. The fourth-order valence-electron chi connectivity index (χ4n) is 1.63. The lowest BCUT2D eigenvalue weighted by Crippen LogP contribution is -2.42. The van der Waals surface area contributed by atoms with Crippen LogP contribution in [0, 0.1) is 17.2 Å². The van der Waals surface area contributed by atoms with Crippen molar-refractivity contribution in [2.24, 2.45) is 5.92 Å². The fraction of sp³-hybridized carbons (Fsp3) is 0.357. The van der Waals surface area contributed by atoms with E-state index in [-0.39, 0.29) is 18.2 Å². The molecule has 0 saturated carbocycles. The first-order valence-electron chi connectivity index (χ1n) is 6.01. The summed E-state index contributed by atoms with van der Waals surface area (Å²) in [4.78, 5) is 23.7. The highest BCUT2D eigenvalue weighted by Crippen LogP contribution is 2.13. The molecule has 5 nitrogen and oxygen atoms in total. The first-order valence-corrected chi connectivity index (χ1v) is 6.81. The van der Waals surface area contributed by atoms with Crippen LogP contribution in [-0.4, -0.2) is 25.0 Å². The number of esters is 1. The van der Waals surface area contributed by atoms with Crippen molar-refractivity contribution in [3.8, 4) is 6.07 Å². The standard InChI is InChI=1S/C14H15BrN2O3/c1-9(8-16)6-12(14(19)20-2)17-13(18)10-4-3-5-11(15)7-10/h3-5,7,9,12H,6H2,1-2H3,(H,17,18)/t9-,12-/m0/s1. The van der Waals surface area contributed by atoms with Crippen molar-refractivity contribution in [1.29, 1.82) is 5.26 Å². The molecule has 1 rings (SSSR count). The molecule has 2 atom stereocenters. The highest BCUT2D eigenvalue weighted by Gasteiger charge is 2.24. The number of carbonyl (C=O) groups is 2. The quantitative estimate of drug-likeness (QED) is 0.835. The van der Waals surface area contributed by atoms with Crippen LogP contribution in [0.25, 0.3) is 0 Å². The smallest absolute Gasteiger partial charge is 0.328 e. The molecule has 1 aromatic carbocycles. The SMILES string of the molecule is COC(=O)[C@H](C[C@H](C)C#N)NC(=O)c1cccc(Br)c1. The summed E-state index contributed by atoms with van der Waals surface area (Å²) >= 11 is 3.28. The Morgan fingerprint density at radius 2 is 2.20 bits per heavy atom. The van der Waals surface area contributed by atoms with Crippen LogP contribution >= 0.6 is 15.9 Å². The van der Waals surface area contributed by atoms with Crippen molar-refractivity contribution < 1.29 is 14.3 Å². The predicted molar refractivity (Wildman–Crippen MR) is 76.8 cm³/mol. The highest BCUT2D eigenvalue weighted by molar-refractivity contribution is 9.10. The lowest BCUT2D eigenvalue weighted by atomic mass is 10.0. The molecule has 0 aromatic heterocycles. The Balaban J connectivity index is 2.81. The Morgan fingerprint density at radius 1 is 1.50 bits per heavy atom. The number of nitrogens with one attached hydrogen (secondary N) is 1. The van der Waals surface area contributed by atoms with E-state index >= 15 is 0 Å². The summed E-state index contributed by atoms with van der Waals surface area (Å²) in [5.41, 5.74) is 0.429. The van der Waals surface area contributed by atoms with Crippen molar-refractivity contribution >= 4 is 27.8 Å². The highest BCUT2D eigenvalue weighted by atomic mass is 79.9. The molecule has 1 aromatic rings. The summed E-state index contributed by atoms with van der Waals surface area (Å²) in [6.45, 7) is 1.68. The number of benzene rings is 1. The van der Waals surface area contributed by atoms with E-state index in [1.807, 2.05) is 6.07 Å². The van der Waals surface area contributed by atoms with Gasteiger partial charge in [0.05, 0.1) is 13.2 Å². The van der Waals surface area contributed by atoms with Gasteiger partial charge in [0.25, 0.3) is 5.91 Å². The first-order chi connectivity index (χ1) is 9.47. The van der Waals surface area contributed by atoms with Crippen molar-refractivity contribution in [2.75, 3.05) is 7.11 Å². The van der Waals surface area contributed by atoms with Gasteiger partial charge in [0.15, 0.2) is 0 Å². The number of nitriles is 1. The Morgan fingerprint density at radius 3 is 2.75 bits per heavy atom. The van der Waals surface area contributed by atoms with Gasteiger partial charge in [-0.15, -0.1) is 0 Å². The van der Waals surface area contributed by atoms with Gasteiger partial charge in [-0.25, -0.2) is 4.79 Å². The monoisotopic (exact) mass is 338 g/mol. The largest absolute Gasteiger partial charge is 0.467 e. The summed E-state index contributed by atoms with van der Waals surface area (Å²) in [5, 5.41) is 11.4. The molecule has 0 unspecified atom stereocenters. The number of methoxy groups -OCH3 is 1. The number of ether oxygens (including phenoxy) is 1. The van der Waals surface area contributed by atoms with Gasteiger partial charge in [-0.2, -0.15) is 5.26 Å². The van der Waals surface area contributed by atoms with Crippen molar-refractivity contribution in [3.63, 3.8) is 0 Å². The summed E-state index contributed by atoms with van der Waals surface area (Å²) in [7, 11) is 1.25. The molecule has 0 aliphatic carbocycles. The van der Waals surface area contributed by atoms with E-state index in [4.69, 9.17) is 5.26 Å². The lowest BCUT2D eigenvalue weighted by Gasteiger charge is -2.17. The maximum absolute atomic E-state index is 12.1. The summed E-state index contributed by atoms with van der Waals surface area (Å²) in [5.74, 6) is -1.30. The number of hydrogen-bond donors (Lipinski definition) is 1. The summed E-state index contributed by atoms with van der Waals surface area (Å²) in [6, 6.07) is 8.01. The van der Waals surface area contributed by atoms with E-state index in [9.17, 15) is 9.59 Å². The molecular formula is C14H15BrN2O3. The van der Waals surface area contributed by atoms with E-state index in [1.165, 1.54) is 7.11 Å². The zero-order valence-electron chi connectivity index (χ0n) is 11.2. The Bertz CT molecular complexity index is 539. The van der Waals surface area contributed by atoms with Crippen LogP contribution in [0.3, 0.4) is 0 Å². The molecule has 20 heavy (non-hydrogen) atoms. The van der Waals surface area contributed by atoms with Gasteiger partial charge in [0.1, 0.15) is 6.04 Å². The molecular weight excluding hydrogens is 324 g/mol. The molecule has 1 amide bonds. The Hall–Kier alpha value is -1.87. The molecule has 106 valence electrons. The molecule has 0 aliphatic heterocycles. The van der Waals surface area contributed by atoms with Gasteiger partial charge >= 0.3 is 5.97 Å². The maximum Gasteiger partial charge on any atom is 0.328 e. The molecule has 6 heteroatoms. The van der Waals surface area contributed by atoms with Crippen molar-refractivity contribution in [2.45, 2.75) is 19.4 Å². The normalized spacial score (nSPS) is 12.9. The topological polar surface area (TPSA) is 79.2 Å². The van der Waals surface area contributed by atoms with E-state index in [0.29, 0.717) is 5.56 Å². The molecule has 1 N–H and O–H groups in total. The van der Waals surface area contributed by atoms with E-state index in [2.05, 4.69) is 26.0 Å². The van der Waals surface area contributed by atoms with E-state index < -0.39 is 12.0 Å².